The molecule has 6 heteroatoms. The molecule has 1 heterocycles. The van der Waals surface area contributed by atoms with Crippen LogP contribution in [0.4, 0.5) is 0 Å². The maximum Gasteiger partial charge on any atom is 0.243 e. The predicted octanol–water partition coefficient (Wildman–Crippen LogP) is 2.89. The molecule has 0 aliphatic rings. The van der Waals surface area contributed by atoms with E-state index in [1.165, 1.54) is 0 Å². The van der Waals surface area contributed by atoms with E-state index in [1.54, 1.807) is 11.8 Å². The monoisotopic (exact) mass is 293 g/mol. The second-order valence-electron chi connectivity index (χ2n) is 4.31. The van der Waals surface area contributed by atoms with Crippen molar-refractivity contribution in [3.05, 3.63) is 30.2 Å². The molecule has 108 valence electrons. The summed E-state index contributed by atoms with van der Waals surface area (Å²) in [7, 11) is 0. The molecule has 0 saturated heterocycles. The van der Waals surface area contributed by atoms with Crippen molar-refractivity contribution >= 4 is 11.8 Å². The number of ether oxygens (including phenoxy) is 1. The van der Waals surface area contributed by atoms with Crippen molar-refractivity contribution in [1.82, 2.24) is 10.1 Å². The smallest absolute Gasteiger partial charge is 0.243 e. The summed E-state index contributed by atoms with van der Waals surface area (Å²) in [6.07, 6.45) is 2.87. The molecule has 0 bridgehead atoms. The van der Waals surface area contributed by atoms with Crippen LogP contribution in [0.1, 0.15) is 25.3 Å². The number of nitrogens with two attached hydrogens (primary N) is 1. The molecule has 0 saturated carbocycles. The minimum atomic E-state index is -0.209. The largest absolute Gasteiger partial charge is 0.494 e. The van der Waals surface area contributed by atoms with E-state index in [1.807, 2.05) is 37.4 Å². The normalized spacial score (nSPS) is 12.3. The van der Waals surface area contributed by atoms with E-state index < -0.39 is 0 Å². The molecule has 0 aliphatic heterocycles. The summed E-state index contributed by atoms with van der Waals surface area (Å²) in [6.45, 7) is 2.57. The van der Waals surface area contributed by atoms with Gasteiger partial charge < -0.3 is 15.0 Å². The highest BCUT2D eigenvalue weighted by molar-refractivity contribution is 7.98. The standard InChI is InChI=1S/C14H19N3O2S/c1-3-18-11-6-4-5-10(9-11)13-16-14(19-17-13)12(15)7-8-20-2/h4-6,9,12H,3,7-8,15H2,1-2H3/t12-/m0/s1. The fourth-order valence-electron chi connectivity index (χ4n) is 1.76. The zero-order valence-electron chi connectivity index (χ0n) is 11.7. The van der Waals surface area contributed by atoms with Crippen LogP contribution in [0.3, 0.4) is 0 Å². The van der Waals surface area contributed by atoms with Crippen LogP contribution in [-0.2, 0) is 0 Å². The zero-order chi connectivity index (χ0) is 14.4. The molecule has 2 N–H and O–H groups in total. The number of aromatic nitrogens is 2. The Balaban J connectivity index is 2.13. The first-order valence-corrected chi connectivity index (χ1v) is 7.95. The highest BCUT2D eigenvalue weighted by Crippen LogP contribution is 2.23. The minimum absolute atomic E-state index is 0.209. The quantitative estimate of drug-likeness (QED) is 0.846. The summed E-state index contributed by atoms with van der Waals surface area (Å²) in [5.41, 5.74) is 6.88. The lowest BCUT2D eigenvalue weighted by Gasteiger charge is -2.04. The van der Waals surface area contributed by atoms with Gasteiger partial charge in [-0.15, -0.1) is 0 Å². The number of rotatable bonds is 7. The molecule has 2 rings (SSSR count). The Kier molecular flexibility index (Phi) is 5.43. The second-order valence-corrected chi connectivity index (χ2v) is 5.29. The van der Waals surface area contributed by atoms with Gasteiger partial charge in [-0.3, -0.25) is 0 Å². The summed E-state index contributed by atoms with van der Waals surface area (Å²) in [5.74, 6) is 2.79. The van der Waals surface area contributed by atoms with Gasteiger partial charge in [0.25, 0.3) is 0 Å². The molecular formula is C14H19N3O2S. The van der Waals surface area contributed by atoms with E-state index in [4.69, 9.17) is 15.0 Å². The zero-order valence-corrected chi connectivity index (χ0v) is 12.5. The van der Waals surface area contributed by atoms with E-state index in [0.29, 0.717) is 18.3 Å². The number of benzene rings is 1. The molecule has 0 amide bonds. The average molecular weight is 293 g/mol. The second kappa shape index (κ2) is 7.31. The average Bonchev–Trinajstić information content (AvgIpc) is 2.95. The first kappa shape index (κ1) is 14.9. The molecule has 0 spiro atoms. The van der Waals surface area contributed by atoms with Gasteiger partial charge >= 0.3 is 0 Å². The van der Waals surface area contributed by atoms with Gasteiger partial charge in [0.2, 0.25) is 11.7 Å². The van der Waals surface area contributed by atoms with E-state index >= 15 is 0 Å². The van der Waals surface area contributed by atoms with Gasteiger partial charge in [0.15, 0.2) is 0 Å². The Bertz CT molecular complexity index is 545. The topological polar surface area (TPSA) is 74.2 Å². The highest BCUT2D eigenvalue weighted by Gasteiger charge is 2.15. The Labute approximate surface area is 122 Å². The van der Waals surface area contributed by atoms with Crippen molar-refractivity contribution < 1.29 is 9.26 Å². The van der Waals surface area contributed by atoms with Gasteiger partial charge in [-0.2, -0.15) is 16.7 Å². The lowest BCUT2D eigenvalue weighted by atomic mass is 10.2. The third-order valence-corrected chi connectivity index (χ3v) is 3.44. The van der Waals surface area contributed by atoms with Crippen LogP contribution in [0.15, 0.2) is 28.8 Å². The Morgan fingerprint density at radius 3 is 3.05 bits per heavy atom. The van der Waals surface area contributed by atoms with Crippen molar-refractivity contribution in [2.75, 3.05) is 18.6 Å². The molecule has 0 radical (unpaired) electrons. The van der Waals surface area contributed by atoms with Gasteiger partial charge in [-0.25, -0.2) is 0 Å². The lowest BCUT2D eigenvalue weighted by Crippen LogP contribution is -2.11. The van der Waals surface area contributed by atoms with E-state index in [2.05, 4.69) is 10.1 Å². The lowest BCUT2D eigenvalue weighted by molar-refractivity contribution is 0.340. The van der Waals surface area contributed by atoms with Gasteiger partial charge in [0.05, 0.1) is 12.6 Å². The molecule has 0 aliphatic carbocycles. The van der Waals surface area contributed by atoms with Gasteiger partial charge in [0, 0.05) is 5.56 Å². The fourth-order valence-corrected chi connectivity index (χ4v) is 2.25. The summed E-state index contributed by atoms with van der Waals surface area (Å²) in [5, 5.41) is 3.99. The third kappa shape index (κ3) is 3.74. The van der Waals surface area contributed by atoms with E-state index in [-0.39, 0.29) is 6.04 Å². The molecule has 1 aromatic carbocycles. The van der Waals surface area contributed by atoms with Gasteiger partial charge in [-0.05, 0) is 37.5 Å². The molecule has 5 nitrogen and oxygen atoms in total. The molecular weight excluding hydrogens is 274 g/mol. The summed E-state index contributed by atoms with van der Waals surface area (Å²) >= 11 is 1.75. The van der Waals surface area contributed by atoms with Crippen molar-refractivity contribution in [3.8, 4) is 17.1 Å². The maximum atomic E-state index is 6.02. The highest BCUT2D eigenvalue weighted by atomic mass is 32.2. The number of nitrogens with zero attached hydrogens (tertiary/aromatic N) is 2. The van der Waals surface area contributed by atoms with Crippen molar-refractivity contribution in [2.24, 2.45) is 5.73 Å². The summed E-state index contributed by atoms with van der Waals surface area (Å²) < 4.78 is 10.7. The van der Waals surface area contributed by atoms with E-state index in [0.717, 1.165) is 23.5 Å². The van der Waals surface area contributed by atoms with E-state index in [9.17, 15) is 0 Å². The van der Waals surface area contributed by atoms with Crippen LogP contribution in [0.25, 0.3) is 11.4 Å². The fraction of sp³-hybridized carbons (Fsp3) is 0.429. The Morgan fingerprint density at radius 1 is 1.45 bits per heavy atom. The predicted molar refractivity (Wildman–Crippen MR) is 80.8 cm³/mol. The molecule has 20 heavy (non-hydrogen) atoms. The number of hydrogen-bond acceptors (Lipinski definition) is 6. The van der Waals surface area contributed by atoms with Gasteiger partial charge in [-0.1, -0.05) is 17.3 Å². The third-order valence-electron chi connectivity index (χ3n) is 2.80. The molecule has 0 fully saturated rings. The van der Waals surface area contributed by atoms with Gasteiger partial charge in [0.1, 0.15) is 5.75 Å². The molecule has 1 aromatic heterocycles. The van der Waals surface area contributed by atoms with Crippen LogP contribution in [-0.4, -0.2) is 28.8 Å². The van der Waals surface area contributed by atoms with Crippen molar-refractivity contribution in [1.29, 1.82) is 0 Å². The molecule has 0 unspecified atom stereocenters. The summed E-state index contributed by atoms with van der Waals surface area (Å²) in [6, 6.07) is 7.41. The van der Waals surface area contributed by atoms with Crippen molar-refractivity contribution in [2.45, 2.75) is 19.4 Å². The van der Waals surface area contributed by atoms with Crippen LogP contribution in [0, 0.1) is 0 Å². The SMILES string of the molecule is CCOc1cccc(-c2noc([C@@H](N)CCSC)n2)c1. The van der Waals surface area contributed by atoms with Crippen molar-refractivity contribution in [3.63, 3.8) is 0 Å². The maximum absolute atomic E-state index is 6.02. The summed E-state index contributed by atoms with van der Waals surface area (Å²) in [4.78, 5) is 4.37. The number of thioether (sulfide) groups is 1. The first-order chi connectivity index (χ1) is 9.74. The Hall–Kier alpha value is -1.53. The number of hydrogen-bond donors (Lipinski definition) is 1. The van der Waals surface area contributed by atoms with Crippen LogP contribution in [0.2, 0.25) is 0 Å². The van der Waals surface area contributed by atoms with Crippen LogP contribution < -0.4 is 10.5 Å². The minimum Gasteiger partial charge on any atom is -0.494 e. The Morgan fingerprint density at radius 2 is 2.30 bits per heavy atom. The molecule has 2 aromatic rings. The first-order valence-electron chi connectivity index (χ1n) is 6.56. The van der Waals surface area contributed by atoms with Crippen LogP contribution >= 0.6 is 11.8 Å². The van der Waals surface area contributed by atoms with Crippen LogP contribution in [0.5, 0.6) is 5.75 Å². The molecule has 1 atom stereocenters.